The number of nitrogens with zero attached hydrogens (tertiary/aromatic N) is 1. The molecule has 0 aliphatic carbocycles. The van der Waals surface area contributed by atoms with Gasteiger partial charge in [0, 0.05) is 37.8 Å². The average Bonchev–Trinajstić information content (AvgIpc) is 2.90. The highest BCUT2D eigenvalue weighted by atomic mass is 79.9. The predicted octanol–water partition coefficient (Wildman–Crippen LogP) is 2.97. The van der Waals surface area contributed by atoms with Crippen LogP contribution >= 0.6 is 15.9 Å². The number of nitrogens with one attached hydrogen (secondary N) is 1. The third-order valence-electron chi connectivity index (χ3n) is 4.14. The first-order chi connectivity index (χ1) is 10.1. The van der Waals surface area contributed by atoms with E-state index in [0.29, 0.717) is 6.04 Å². The van der Waals surface area contributed by atoms with Crippen LogP contribution in [0.3, 0.4) is 0 Å². The van der Waals surface area contributed by atoms with Crippen LogP contribution in [0.5, 0.6) is 0 Å². The van der Waals surface area contributed by atoms with E-state index in [1.54, 1.807) is 14.2 Å². The molecule has 3 unspecified atom stereocenters. The van der Waals surface area contributed by atoms with Crippen molar-refractivity contribution in [1.82, 2.24) is 5.32 Å². The first-order valence-electron chi connectivity index (χ1n) is 7.44. The smallest absolute Gasteiger partial charge is 0.102 e. The Morgan fingerprint density at radius 3 is 2.38 bits per heavy atom. The van der Waals surface area contributed by atoms with Gasteiger partial charge in [-0.05, 0) is 47.1 Å². The van der Waals surface area contributed by atoms with Crippen molar-refractivity contribution in [1.29, 1.82) is 0 Å². The second kappa shape index (κ2) is 7.58. The molecule has 4 nitrogen and oxygen atoms in total. The molecule has 5 heteroatoms. The van der Waals surface area contributed by atoms with Crippen LogP contribution in [0.4, 0.5) is 5.69 Å². The lowest BCUT2D eigenvalue weighted by atomic mass is 10.1. The van der Waals surface area contributed by atoms with Crippen LogP contribution in [0, 0.1) is 0 Å². The van der Waals surface area contributed by atoms with E-state index in [0.717, 1.165) is 24.1 Å². The summed E-state index contributed by atoms with van der Waals surface area (Å²) in [7, 11) is 3.49. The summed E-state index contributed by atoms with van der Waals surface area (Å²) >= 11 is 3.71. The lowest BCUT2D eigenvalue weighted by Crippen LogP contribution is -2.27. The number of hydrogen-bond donors (Lipinski definition) is 1. The molecule has 0 amide bonds. The van der Waals surface area contributed by atoms with Crippen LogP contribution in [0.25, 0.3) is 0 Å². The van der Waals surface area contributed by atoms with Gasteiger partial charge in [0.25, 0.3) is 0 Å². The number of benzene rings is 1. The van der Waals surface area contributed by atoms with Crippen molar-refractivity contribution < 1.29 is 9.47 Å². The van der Waals surface area contributed by atoms with Crippen LogP contribution in [0.2, 0.25) is 0 Å². The summed E-state index contributed by atoms with van der Waals surface area (Å²) in [6.07, 6.45) is 0.254. The molecule has 0 saturated carbocycles. The number of rotatable bonds is 6. The number of ether oxygens (including phenoxy) is 2. The molecule has 1 heterocycles. The van der Waals surface area contributed by atoms with Crippen molar-refractivity contribution in [2.24, 2.45) is 0 Å². The lowest BCUT2D eigenvalue weighted by Gasteiger charge is -2.21. The van der Waals surface area contributed by atoms with E-state index in [1.165, 1.54) is 11.3 Å². The van der Waals surface area contributed by atoms with Gasteiger partial charge in [0.05, 0.1) is 5.69 Å². The first-order valence-corrected chi connectivity index (χ1v) is 8.23. The molecule has 1 N–H and O–H groups in total. The maximum atomic E-state index is 5.51. The van der Waals surface area contributed by atoms with Crippen LogP contribution in [0.15, 0.2) is 22.7 Å². The van der Waals surface area contributed by atoms with E-state index in [1.807, 2.05) is 0 Å². The van der Waals surface area contributed by atoms with Gasteiger partial charge in [-0.2, -0.15) is 0 Å². The molecule has 2 rings (SSSR count). The fraction of sp³-hybridized carbons (Fsp3) is 0.625. The highest BCUT2D eigenvalue weighted by Crippen LogP contribution is 2.32. The molecular weight excluding hydrogens is 332 g/mol. The highest BCUT2D eigenvalue weighted by molar-refractivity contribution is 9.10. The third-order valence-corrected chi connectivity index (χ3v) is 4.78. The lowest BCUT2D eigenvalue weighted by molar-refractivity contribution is -0.00461. The summed E-state index contributed by atoms with van der Waals surface area (Å²) in [5, 5.41) is 3.44. The maximum Gasteiger partial charge on any atom is 0.102 e. The molecule has 1 aromatic carbocycles. The molecular formula is C16H25BrN2O2. The van der Waals surface area contributed by atoms with Gasteiger partial charge in [0.2, 0.25) is 0 Å². The van der Waals surface area contributed by atoms with Gasteiger partial charge >= 0.3 is 0 Å². The van der Waals surface area contributed by atoms with Gasteiger partial charge in [-0.3, -0.25) is 0 Å². The van der Waals surface area contributed by atoms with Crippen molar-refractivity contribution in [2.75, 3.05) is 38.8 Å². The zero-order valence-corrected chi connectivity index (χ0v) is 14.8. The molecule has 0 spiro atoms. The quantitative estimate of drug-likeness (QED) is 0.849. The minimum Gasteiger partial charge on any atom is -0.377 e. The van der Waals surface area contributed by atoms with E-state index < -0.39 is 0 Å². The largest absolute Gasteiger partial charge is 0.377 e. The molecule has 1 aliphatic rings. The van der Waals surface area contributed by atoms with Gasteiger partial charge in [-0.1, -0.05) is 13.0 Å². The highest BCUT2D eigenvalue weighted by Gasteiger charge is 2.33. The molecule has 1 saturated heterocycles. The molecule has 0 bridgehead atoms. The zero-order valence-electron chi connectivity index (χ0n) is 13.2. The van der Waals surface area contributed by atoms with Crippen LogP contribution in [0.1, 0.15) is 25.5 Å². The molecule has 118 valence electrons. The number of anilines is 1. The fourth-order valence-corrected chi connectivity index (χ4v) is 3.51. The summed E-state index contributed by atoms with van der Waals surface area (Å²) in [5.41, 5.74) is 2.49. The molecule has 21 heavy (non-hydrogen) atoms. The molecule has 0 aromatic heterocycles. The number of hydrogen-bond acceptors (Lipinski definition) is 4. The Morgan fingerprint density at radius 1 is 1.29 bits per heavy atom. The first kappa shape index (κ1) is 16.7. The van der Waals surface area contributed by atoms with E-state index in [2.05, 4.69) is 58.2 Å². The van der Waals surface area contributed by atoms with Gasteiger partial charge in [-0.15, -0.1) is 0 Å². The fourth-order valence-electron chi connectivity index (χ4n) is 2.87. The summed E-state index contributed by atoms with van der Waals surface area (Å²) in [4.78, 5) is 2.31. The Hall–Kier alpha value is -0.620. The van der Waals surface area contributed by atoms with Crippen LogP contribution < -0.4 is 10.2 Å². The minimum absolute atomic E-state index is 0.127. The van der Waals surface area contributed by atoms with Gasteiger partial charge in [-0.25, -0.2) is 0 Å². The number of methoxy groups -OCH3 is 2. The SMILES string of the molecule is CCNC(C)c1ccc(N2CC(OC)C(OC)C2)c(Br)c1. The monoisotopic (exact) mass is 356 g/mol. The van der Waals surface area contributed by atoms with Crippen molar-refractivity contribution in [3.8, 4) is 0 Å². The van der Waals surface area contributed by atoms with Crippen LogP contribution in [-0.4, -0.2) is 46.1 Å². The Labute approximate surface area is 135 Å². The summed E-state index contributed by atoms with van der Waals surface area (Å²) in [6, 6.07) is 6.93. The zero-order chi connectivity index (χ0) is 15.4. The van der Waals surface area contributed by atoms with Gasteiger partial charge in [0.1, 0.15) is 12.2 Å². The minimum atomic E-state index is 0.127. The standard InChI is InChI=1S/C16H25BrN2O2/c1-5-18-11(2)12-6-7-14(13(17)8-12)19-9-15(20-3)16(10-19)21-4/h6-8,11,15-16,18H,5,9-10H2,1-4H3. The Balaban J connectivity index is 2.14. The summed E-state index contributed by atoms with van der Waals surface area (Å²) in [5.74, 6) is 0. The van der Waals surface area contributed by atoms with Crippen LogP contribution in [-0.2, 0) is 9.47 Å². The summed E-state index contributed by atoms with van der Waals surface area (Å²) < 4.78 is 12.1. The normalized spacial score (nSPS) is 23.6. The van der Waals surface area contributed by atoms with Crippen molar-refractivity contribution in [3.63, 3.8) is 0 Å². The molecule has 1 aromatic rings. The molecule has 0 radical (unpaired) electrons. The second-order valence-corrected chi connectivity index (χ2v) is 6.30. The van der Waals surface area contributed by atoms with E-state index in [9.17, 15) is 0 Å². The van der Waals surface area contributed by atoms with Crippen molar-refractivity contribution >= 4 is 21.6 Å². The van der Waals surface area contributed by atoms with Crippen molar-refractivity contribution in [3.05, 3.63) is 28.2 Å². The number of halogens is 1. The topological polar surface area (TPSA) is 33.7 Å². The van der Waals surface area contributed by atoms with E-state index >= 15 is 0 Å². The third kappa shape index (κ3) is 3.77. The Bertz CT molecular complexity index is 458. The Kier molecular flexibility index (Phi) is 6.05. The molecule has 1 fully saturated rings. The average molecular weight is 357 g/mol. The predicted molar refractivity (Wildman–Crippen MR) is 90.0 cm³/mol. The molecule has 3 atom stereocenters. The van der Waals surface area contributed by atoms with E-state index in [4.69, 9.17) is 9.47 Å². The van der Waals surface area contributed by atoms with Crippen molar-refractivity contribution in [2.45, 2.75) is 32.1 Å². The maximum absolute atomic E-state index is 5.51. The van der Waals surface area contributed by atoms with Gasteiger partial charge in [0.15, 0.2) is 0 Å². The molecule has 1 aliphatic heterocycles. The van der Waals surface area contributed by atoms with E-state index in [-0.39, 0.29) is 12.2 Å². The second-order valence-electron chi connectivity index (χ2n) is 5.44. The Morgan fingerprint density at radius 2 is 1.90 bits per heavy atom. The summed E-state index contributed by atoms with van der Waals surface area (Å²) in [6.45, 7) is 6.99. The van der Waals surface area contributed by atoms with Gasteiger partial charge < -0.3 is 19.7 Å².